The molecular formula is C39H25N5PtS. The molecule has 0 spiro atoms. The van der Waals surface area contributed by atoms with Gasteiger partial charge in [-0.15, -0.1) is 58.7 Å². The van der Waals surface area contributed by atoms with Crippen molar-refractivity contribution in [1.82, 2.24) is 19.3 Å². The van der Waals surface area contributed by atoms with Crippen molar-refractivity contribution in [1.29, 1.82) is 0 Å². The standard InChI is InChI=1S/C39H25N5S.Pt/c1-42-23-21-33(41-42)26-10-8-11-27(24-26)43(35-16-9-14-32-31-13-3-5-17-37(31)45-39(32)35)28-19-20-30-29-12-2-4-15-34(29)44(36(30)25-28)38-18-6-7-22-40-38;/h2-23H,1H3;/q-2;+2. The van der Waals surface area contributed by atoms with Crippen molar-refractivity contribution in [2.45, 2.75) is 0 Å². The van der Waals surface area contributed by atoms with Crippen LogP contribution in [0.2, 0.25) is 0 Å². The molecule has 0 bridgehead atoms. The molecule has 0 radical (unpaired) electrons. The van der Waals surface area contributed by atoms with Gasteiger partial charge in [0.1, 0.15) is 5.82 Å². The first-order chi connectivity index (χ1) is 22.2. The van der Waals surface area contributed by atoms with Crippen LogP contribution < -0.4 is 4.90 Å². The molecule has 0 aliphatic heterocycles. The number of aryl methyl sites for hydroxylation is 1. The second-order valence-electron chi connectivity index (χ2n) is 11.1. The van der Waals surface area contributed by atoms with E-state index in [1.807, 2.05) is 59.7 Å². The zero-order chi connectivity index (χ0) is 29.9. The van der Waals surface area contributed by atoms with E-state index < -0.39 is 0 Å². The van der Waals surface area contributed by atoms with Gasteiger partial charge in [-0.1, -0.05) is 71.9 Å². The van der Waals surface area contributed by atoms with Crippen LogP contribution in [0.3, 0.4) is 0 Å². The van der Waals surface area contributed by atoms with Gasteiger partial charge in [-0.2, -0.15) is 6.07 Å². The topological polar surface area (TPSA) is 38.9 Å². The van der Waals surface area contributed by atoms with Crippen LogP contribution >= 0.6 is 11.3 Å². The summed E-state index contributed by atoms with van der Waals surface area (Å²) in [7, 11) is 1.94. The molecule has 0 N–H and O–H groups in total. The maximum absolute atomic E-state index is 4.74. The largest absolute Gasteiger partial charge is 2.00 e. The summed E-state index contributed by atoms with van der Waals surface area (Å²) in [6.07, 6.45) is 3.80. The Morgan fingerprint density at radius 2 is 1.46 bits per heavy atom. The SMILES string of the molecule is Cn1ccc(-c2[c-]c(N(c3[c-]c4c(cc3)c3ccccc3n4-c3ccccn3)c3cccc4c3sc3ccccc34)ccc2)n1.[Pt+2]. The van der Waals surface area contributed by atoms with Crippen LogP contribution in [0.15, 0.2) is 134 Å². The molecule has 222 valence electrons. The number of rotatable bonds is 5. The minimum atomic E-state index is 0. The molecular weight excluding hydrogens is 766 g/mol. The number of thiophene rings is 1. The van der Waals surface area contributed by atoms with Crippen LogP contribution in [0, 0.1) is 12.1 Å². The number of benzene rings is 5. The summed E-state index contributed by atoms with van der Waals surface area (Å²) in [5.41, 5.74) is 6.81. The van der Waals surface area contributed by atoms with E-state index in [0.29, 0.717) is 0 Å². The van der Waals surface area contributed by atoms with Crippen molar-refractivity contribution in [3.8, 4) is 17.1 Å². The fourth-order valence-electron chi connectivity index (χ4n) is 6.33. The van der Waals surface area contributed by atoms with Gasteiger partial charge in [0.25, 0.3) is 0 Å². The number of pyridine rings is 1. The molecule has 46 heavy (non-hydrogen) atoms. The quantitative estimate of drug-likeness (QED) is 0.163. The van der Waals surface area contributed by atoms with Crippen molar-refractivity contribution < 1.29 is 21.1 Å². The van der Waals surface area contributed by atoms with Gasteiger partial charge < -0.3 is 9.47 Å². The van der Waals surface area contributed by atoms with Crippen molar-refractivity contribution >= 4 is 70.4 Å². The minimum Gasteiger partial charge on any atom is -0.351 e. The van der Waals surface area contributed by atoms with E-state index >= 15 is 0 Å². The van der Waals surface area contributed by atoms with Crippen LogP contribution in [-0.2, 0) is 28.1 Å². The Kier molecular flexibility index (Phi) is 7.05. The summed E-state index contributed by atoms with van der Waals surface area (Å²) in [5, 5.41) is 9.47. The van der Waals surface area contributed by atoms with E-state index in [1.54, 1.807) is 0 Å². The van der Waals surface area contributed by atoms with Gasteiger partial charge in [-0.25, -0.2) is 10.1 Å². The number of fused-ring (bicyclic) bond motifs is 6. The number of hydrogen-bond acceptors (Lipinski definition) is 4. The van der Waals surface area contributed by atoms with Gasteiger partial charge in [0.2, 0.25) is 0 Å². The number of aromatic nitrogens is 4. The Labute approximate surface area is 284 Å². The fraction of sp³-hybridized carbons (Fsp3) is 0.0256. The van der Waals surface area contributed by atoms with E-state index in [-0.39, 0.29) is 21.1 Å². The predicted octanol–water partition coefficient (Wildman–Crippen LogP) is 10.0. The number of nitrogens with zero attached hydrogens (tertiary/aromatic N) is 5. The van der Waals surface area contributed by atoms with Crippen molar-refractivity contribution in [2.75, 3.05) is 4.90 Å². The molecule has 0 aliphatic carbocycles. The van der Waals surface area contributed by atoms with E-state index in [0.717, 1.165) is 50.6 Å². The molecule has 9 aromatic rings. The van der Waals surface area contributed by atoms with Gasteiger partial charge >= 0.3 is 21.1 Å². The zero-order valence-corrected chi connectivity index (χ0v) is 27.8. The summed E-state index contributed by atoms with van der Waals surface area (Å²) >= 11 is 1.82. The smallest absolute Gasteiger partial charge is 0.351 e. The van der Waals surface area contributed by atoms with E-state index in [2.05, 4.69) is 124 Å². The molecule has 9 rings (SSSR count). The first-order valence-electron chi connectivity index (χ1n) is 14.8. The molecule has 0 fully saturated rings. The fourth-order valence-corrected chi connectivity index (χ4v) is 7.54. The first-order valence-corrected chi connectivity index (χ1v) is 15.6. The third-order valence-corrected chi connectivity index (χ3v) is 9.53. The molecule has 0 unspecified atom stereocenters. The molecule has 0 amide bonds. The summed E-state index contributed by atoms with van der Waals surface area (Å²) in [6, 6.07) is 49.9. The second kappa shape index (κ2) is 11.4. The van der Waals surface area contributed by atoms with Gasteiger partial charge in [0.05, 0.1) is 10.4 Å². The Balaban J connectivity index is 0.00000312. The Bertz CT molecular complexity index is 2530. The van der Waals surface area contributed by atoms with Crippen LogP contribution in [0.25, 0.3) is 59.1 Å². The summed E-state index contributed by atoms with van der Waals surface area (Å²) in [5.74, 6) is 0.860. The normalized spacial score (nSPS) is 11.4. The van der Waals surface area contributed by atoms with E-state index in [1.165, 1.54) is 25.6 Å². The van der Waals surface area contributed by atoms with Gasteiger partial charge in [0.15, 0.2) is 0 Å². The maximum Gasteiger partial charge on any atom is 2.00 e. The third-order valence-electron chi connectivity index (χ3n) is 8.32. The van der Waals surface area contributed by atoms with Crippen LogP contribution in [0.4, 0.5) is 17.1 Å². The van der Waals surface area contributed by atoms with Crippen LogP contribution in [-0.4, -0.2) is 19.3 Å². The average Bonchev–Trinajstić information content (AvgIpc) is 3.79. The molecule has 4 heterocycles. The molecule has 5 nitrogen and oxygen atoms in total. The molecule has 0 aliphatic rings. The number of para-hydroxylation sites is 1. The first kappa shape index (κ1) is 28.4. The van der Waals surface area contributed by atoms with Crippen LogP contribution in [0.5, 0.6) is 0 Å². The molecule has 0 saturated carbocycles. The Hall–Kier alpha value is -5.03. The zero-order valence-electron chi connectivity index (χ0n) is 24.7. The monoisotopic (exact) mass is 790 g/mol. The third kappa shape index (κ3) is 4.56. The minimum absolute atomic E-state index is 0. The maximum atomic E-state index is 4.74. The Morgan fingerprint density at radius 3 is 2.30 bits per heavy atom. The van der Waals surface area contributed by atoms with Crippen molar-refractivity contribution in [3.05, 3.63) is 146 Å². The molecule has 0 atom stereocenters. The molecule has 4 aromatic heterocycles. The predicted molar refractivity (Wildman–Crippen MR) is 186 cm³/mol. The summed E-state index contributed by atoms with van der Waals surface area (Å²) in [4.78, 5) is 7.02. The summed E-state index contributed by atoms with van der Waals surface area (Å²) in [6.45, 7) is 0. The summed E-state index contributed by atoms with van der Waals surface area (Å²) < 4.78 is 6.51. The molecule has 5 aromatic carbocycles. The Morgan fingerprint density at radius 1 is 0.674 bits per heavy atom. The van der Waals surface area contributed by atoms with Gasteiger partial charge in [-0.3, -0.25) is 4.68 Å². The van der Waals surface area contributed by atoms with E-state index in [9.17, 15) is 0 Å². The number of hydrogen-bond donors (Lipinski definition) is 0. The van der Waals surface area contributed by atoms with Crippen molar-refractivity contribution in [2.24, 2.45) is 7.05 Å². The molecule has 7 heteroatoms. The van der Waals surface area contributed by atoms with Gasteiger partial charge in [0, 0.05) is 46.1 Å². The molecule has 0 saturated heterocycles. The van der Waals surface area contributed by atoms with Crippen molar-refractivity contribution in [3.63, 3.8) is 0 Å². The van der Waals surface area contributed by atoms with E-state index in [4.69, 9.17) is 4.98 Å². The average molecular weight is 791 g/mol. The van der Waals surface area contributed by atoms with Gasteiger partial charge in [-0.05, 0) is 41.4 Å². The second-order valence-corrected chi connectivity index (χ2v) is 12.1. The number of anilines is 3. The van der Waals surface area contributed by atoms with Crippen LogP contribution in [0.1, 0.15) is 0 Å².